The van der Waals surface area contributed by atoms with Gasteiger partial charge in [-0.1, -0.05) is 12.1 Å². The fourth-order valence-electron chi connectivity index (χ4n) is 2.20. The Kier molecular flexibility index (Phi) is 5.22. The number of carbonyl (C=O) groups is 4. The van der Waals surface area contributed by atoms with Crippen molar-refractivity contribution in [1.82, 2.24) is 10.6 Å². The first-order valence-electron chi connectivity index (χ1n) is 7.84. The van der Waals surface area contributed by atoms with E-state index in [1.54, 1.807) is 6.07 Å². The molecule has 1 atom stereocenters. The van der Waals surface area contributed by atoms with Gasteiger partial charge in [-0.2, -0.15) is 0 Å². The van der Waals surface area contributed by atoms with E-state index in [0.29, 0.717) is 5.69 Å². The van der Waals surface area contributed by atoms with Crippen LogP contribution in [0, 0.1) is 0 Å². The molecule has 0 spiro atoms. The minimum absolute atomic E-state index is 0.125. The van der Waals surface area contributed by atoms with Gasteiger partial charge in [0.05, 0.1) is 17.4 Å². The number of carbonyl (C=O) groups excluding carboxylic acids is 4. The van der Waals surface area contributed by atoms with Gasteiger partial charge in [-0.15, -0.1) is 11.8 Å². The molecule has 1 aromatic carbocycles. The highest BCUT2D eigenvalue weighted by Gasteiger charge is 2.29. The molecular weight excluding hydrogens is 346 g/mol. The summed E-state index contributed by atoms with van der Waals surface area (Å²) in [6, 6.07) is 6.82. The Morgan fingerprint density at radius 3 is 2.76 bits per heavy atom. The number of hydrogen-bond donors (Lipinski definition) is 3. The molecule has 3 rings (SSSR count). The van der Waals surface area contributed by atoms with Crippen LogP contribution < -0.4 is 16.0 Å². The summed E-state index contributed by atoms with van der Waals surface area (Å²) in [5, 5.41) is 6.78. The van der Waals surface area contributed by atoms with Gasteiger partial charge in [0.2, 0.25) is 5.91 Å². The normalized spacial score (nSPS) is 18.6. The van der Waals surface area contributed by atoms with E-state index in [9.17, 15) is 19.2 Å². The van der Waals surface area contributed by atoms with Crippen molar-refractivity contribution in [2.75, 3.05) is 11.9 Å². The molecule has 9 heteroatoms. The van der Waals surface area contributed by atoms with E-state index >= 15 is 0 Å². The zero-order valence-electron chi connectivity index (χ0n) is 13.2. The average Bonchev–Trinajstić information content (AvgIpc) is 3.37. The lowest BCUT2D eigenvalue weighted by molar-refractivity contribution is -0.148. The number of esters is 1. The number of thioether (sulfide) groups is 1. The SMILES string of the molecule is O=C(COC(=O)C[C@@H]1Sc2ccccc2NC1=O)NC(=O)NC1CC1. The summed E-state index contributed by atoms with van der Waals surface area (Å²) in [6.07, 6.45) is 1.65. The Morgan fingerprint density at radius 1 is 1.24 bits per heavy atom. The Balaban J connectivity index is 1.42. The number of benzene rings is 1. The van der Waals surface area contributed by atoms with Crippen LogP contribution in [-0.2, 0) is 19.1 Å². The van der Waals surface area contributed by atoms with Crippen molar-refractivity contribution in [3.05, 3.63) is 24.3 Å². The van der Waals surface area contributed by atoms with E-state index in [4.69, 9.17) is 4.74 Å². The van der Waals surface area contributed by atoms with Crippen molar-refractivity contribution in [2.45, 2.75) is 35.4 Å². The minimum atomic E-state index is -0.711. The number of hydrogen-bond acceptors (Lipinski definition) is 6. The van der Waals surface area contributed by atoms with Crippen LogP contribution >= 0.6 is 11.8 Å². The first-order valence-corrected chi connectivity index (χ1v) is 8.72. The molecule has 1 heterocycles. The number of urea groups is 1. The van der Waals surface area contributed by atoms with Gasteiger partial charge in [-0.25, -0.2) is 4.79 Å². The molecule has 0 saturated heterocycles. The summed E-state index contributed by atoms with van der Waals surface area (Å²) >= 11 is 1.27. The highest BCUT2D eigenvalue weighted by atomic mass is 32.2. The van der Waals surface area contributed by atoms with E-state index in [0.717, 1.165) is 17.7 Å². The van der Waals surface area contributed by atoms with Gasteiger partial charge in [-0.3, -0.25) is 19.7 Å². The summed E-state index contributed by atoms with van der Waals surface area (Å²) in [7, 11) is 0. The van der Waals surface area contributed by atoms with Crippen LogP contribution in [-0.4, -0.2) is 41.7 Å². The Bertz CT molecular complexity index is 719. The molecule has 4 amide bonds. The van der Waals surface area contributed by atoms with Crippen molar-refractivity contribution in [3.63, 3.8) is 0 Å². The smallest absolute Gasteiger partial charge is 0.321 e. The van der Waals surface area contributed by atoms with Gasteiger partial charge in [0.1, 0.15) is 0 Å². The third kappa shape index (κ3) is 4.96. The van der Waals surface area contributed by atoms with Crippen molar-refractivity contribution in [3.8, 4) is 0 Å². The second-order valence-corrected chi connectivity index (χ2v) is 7.00. The molecule has 1 fully saturated rings. The summed E-state index contributed by atoms with van der Waals surface area (Å²) < 4.78 is 4.84. The van der Waals surface area contributed by atoms with Gasteiger partial charge < -0.3 is 15.4 Å². The summed E-state index contributed by atoms with van der Waals surface area (Å²) in [5.74, 6) is -1.67. The fraction of sp³-hybridized carbons (Fsp3) is 0.375. The van der Waals surface area contributed by atoms with Gasteiger partial charge in [0, 0.05) is 10.9 Å². The van der Waals surface area contributed by atoms with Gasteiger partial charge in [0.15, 0.2) is 6.61 Å². The van der Waals surface area contributed by atoms with Crippen molar-refractivity contribution in [2.24, 2.45) is 0 Å². The minimum Gasteiger partial charge on any atom is -0.456 e. The molecule has 132 valence electrons. The van der Waals surface area contributed by atoms with Crippen molar-refractivity contribution < 1.29 is 23.9 Å². The number of fused-ring (bicyclic) bond motifs is 1. The number of amides is 4. The highest BCUT2D eigenvalue weighted by molar-refractivity contribution is 8.01. The van der Waals surface area contributed by atoms with E-state index in [2.05, 4.69) is 16.0 Å². The maximum atomic E-state index is 12.0. The number of rotatable bonds is 5. The first kappa shape index (κ1) is 17.3. The number of para-hydroxylation sites is 1. The summed E-state index contributed by atoms with van der Waals surface area (Å²) in [6.45, 7) is -0.563. The molecule has 1 aromatic rings. The first-order chi connectivity index (χ1) is 12.0. The van der Waals surface area contributed by atoms with Gasteiger partial charge in [0.25, 0.3) is 5.91 Å². The Labute approximate surface area is 148 Å². The van der Waals surface area contributed by atoms with Crippen LogP contribution in [0.3, 0.4) is 0 Å². The van der Waals surface area contributed by atoms with E-state index < -0.39 is 29.8 Å². The highest BCUT2D eigenvalue weighted by Crippen LogP contribution is 2.36. The molecule has 1 aliphatic carbocycles. The molecule has 1 aliphatic heterocycles. The van der Waals surface area contributed by atoms with Crippen molar-refractivity contribution >= 4 is 41.3 Å². The third-order valence-electron chi connectivity index (χ3n) is 3.59. The number of imide groups is 1. The largest absolute Gasteiger partial charge is 0.456 e. The lowest BCUT2D eigenvalue weighted by Gasteiger charge is -2.23. The molecule has 1 saturated carbocycles. The third-order valence-corrected chi connectivity index (χ3v) is 4.86. The maximum Gasteiger partial charge on any atom is 0.321 e. The van der Waals surface area contributed by atoms with E-state index in [1.165, 1.54) is 11.8 Å². The molecule has 25 heavy (non-hydrogen) atoms. The van der Waals surface area contributed by atoms with Crippen LogP contribution in [0.2, 0.25) is 0 Å². The molecular formula is C16H17N3O5S. The Hall–Kier alpha value is -2.55. The zero-order valence-corrected chi connectivity index (χ0v) is 14.1. The lowest BCUT2D eigenvalue weighted by atomic mass is 10.2. The van der Waals surface area contributed by atoms with Crippen LogP contribution in [0.1, 0.15) is 19.3 Å². The van der Waals surface area contributed by atoms with E-state index in [-0.39, 0.29) is 18.4 Å². The Morgan fingerprint density at radius 2 is 2.00 bits per heavy atom. The van der Waals surface area contributed by atoms with Crippen LogP contribution in [0.5, 0.6) is 0 Å². The van der Waals surface area contributed by atoms with Crippen LogP contribution in [0.4, 0.5) is 10.5 Å². The fourth-order valence-corrected chi connectivity index (χ4v) is 3.29. The number of anilines is 1. The standard InChI is InChI=1S/C16H17N3O5S/c20-13(19-16(23)17-9-5-6-9)8-24-14(21)7-12-15(22)18-10-3-1-2-4-11(10)25-12/h1-4,9,12H,5-8H2,(H,18,22)(H2,17,19,20,23)/t12-/m0/s1. The van der Waals surface area contributed by atoms with Crippen LogP contribution in [0.25, 0.3) is 0 Å². The van der Waals surface area contributed by atoms with Gasteiger partial charge in [-0.05, 0) is 25.0 Å². The molecule has 0 radical (unpaired) electrons. The van der Waals surface area contributed by atoms with E-state index in [1.807, 2.05) is 18.2 Å². The molecule has 3 N–H and O–H groups in total. The summed E-state index contributed by atoms with van der Waals surface area (Å²) in [4.78, 5) is 47.7. The van der Waals surface area contributed by atoms with Crippen molar-refractivity contribution in [1.29, 1.82) is 0 Å². The summed E-state index contributed by atoms with van der Waals surface area (Å²) in [5.41, 5.74) is 0.711. The second kappa shape index (κ2) is 7.56. The van der Waals surface area contributed by atoms with Crippen LogP contribution in [0.15, 0.2) is 29.2 Å². The topological polar surface area (TPSA) is 114 Å². The number of ether oxygens (including phenoxy) is 1. The molecule has 8 nitrogen and oxygen atoms in total. The van der Waals surface area contributed by atoms with Gasteiger partial charge >= 0.3 is 12.0 Å². The predicted molar refractivity (Wildman–Crippen MR) is 90.0 cm³/mol. The average molecular weight is 363 g/mol. The monoisotopic (exact) mass is 363 g/mol. The zero-order chi connectivity index (χ0) is 17.8. The molecule has 0 bridgehead atoms. The lowest BCUT2D eigenvalue weighted by Crippen LogP contribution is -2.42. The quantitative estimate of drug-likeness (QED) is 0.673. The molecule has 2 aliphatic rings. The predicted octanol–water partition coefficient (Wildman–Crippen LogP) is 1.02. The molecule has 0 unspecified atom stereocenters. The maximum absolute atomic E-state index is 12.0. The second-order valence-electron chi connectivity index (χ2n) is 5.75. The number of nitrogens with one attached hydrogen (secondary N) is 3. The molecule has 0 aromatic heterocycles.